The molecule has 2 aromatic carbocycles. The second kappa shape index (κ2) is 5.34. The number of anilines is 1. The third-order valence-electron chi connectivity index (χ3n) is 4.57. The van der Waals surface area contributed by atoms with Crippen LogP contribution in [0.4, 0.5) is 5.95 Å². The Morgan fingerprint density at radius 3 is 2.67 bits per heavy atom. The first-order valence-electron chi connectivity index (χ1n) is 8.08. The van der Waals surface area contributed by atoms with Gasteiger partial charge in [-0.3, -0.25) is 9.36 Å². The maximum atomic E-state index is 12.4. The molecule has 4 rings (SSSR count). The molecule has 0 spiro atoms. The fraction of sp³-hybridized carbons (Fsp3) is 0.200. The van der Waals surface area contributed by atoms with Gasteiger partial charge in [0, 0.05) is 11.3 Å². The number of hydrogen-bond acceptors (Lipinski definition) is 3. The van der Waals surface area contributed by atoms with Crippen LogP contribution in [0.15, 0.2) is 59.8 Å². The molecule has 1 N–H and O–H groups in total. The van der Waals surface area contributed by atoms with E-state index in [0.29, 0.717) is 0 Å². The summed E-state index contributed by atoms with van der Waals surface area (Å²) in [5.74, 6) is 0.861. The summed E-state index contributed by atoms with van der Waals surface area (Å²) >= 11 is 0. The van der Waals surface area contributed by atoms with Gasteiger partial charge in [0.25, 0.3) is 0 Å². The van der Waals surface area contributed by atoms with Crippen LogP contribution in [-0.4, -0.2) is 15.3 Å². The minimum absolute atomic E-state index is 0.0786. The third kappa shape index (κ3) is 2.14. The lowest BCUT2D eigenvalue weighted by molar-refractivity contribution is -0.114. The molecule has 1 aliphatic heterocycles. The number of aryl methyl sites for hydroxylation is 1. The summed E-state index contributed by atoms with van der Waals surface area (Å²) in [7, 11) is 0. The fourth-order valence-electron chi connectivity index (χ4n) is 3.58. The Labute approximate surface area is 140 Å². The molecule has 0 bridgehead atoms. The van der Waals surface area contributed by atoms with Crippen molar-refractivity contribution in [2.45, 2.75) is 26.8 Å². The average Bonchev–Trinajstić information content (AvgIpc) is 2.91. The van der Waals surface area contributed by atoms with Crippen LogP contribution in [0.25, 0.3) is 11.0 Å². The first-order chi connectivity index (χ1) is 11.6. The van der Waals surface area contributed by atoms with Crippen molar-refractivity contribution in [3.63, 3.8) is 0 Å². The molecule has 0 amide bonds. The average molecular weight is 317 g/mol. The lowest BCUT2D eigenvalue weighted by Gasteiger charge is -2.30. The van der Waals surface area contributed by atoms with Crippen molar-refractivity contribution in [3.8, 4) is 0 Å². The van der Waals surface area contributed by atoms with Gasteiger partial charge in [-0.05, 0) is 38.5 Å². The van der Waals surface area contributed by atoms with Crippen LogP contribution in [0.5, 0.6) is 0 Å². The van der Waals surface area contributed by atoms with Crippen molar-refractivity contribution in [3.05, 3.63) is 70.9 Å². The first kappa shape index (κ1) is 14.7. The number of carbonyl (C=O) groups excluding carboxylic acids is 1. The van der Waals surface area contributed by atoms with Gasteiger partial charge < -0.3 is 5.32 Å². The number of para-hydroxylation sites is 2. The molecule has 0 saturated heterocycles. The Balaban J connectivity index is 2.05. The number of nitrogens with zero attached hydrogens (tertiary/aromatic N) is 2. The highest BCUT2D eigenvalue weighted by Crippen LogP contribution is 2.39. The zero-order valence-corrected chi connectivity index (χ0v) is 14.0. The number of rotatable bonds is 2. The zero-order valence-electron chi connectivity index (χ0n) is 14.0. The molecule has 2 heterocycles. The Morgan fingerprint density at radius 2 is 1.92 bits per heavy atom. The number of nitrogens with one attached hydrogen (secondary N) is 1. The SMILES string of the molecule is CC(=O)C1=C(C)Nc2nc3ccccc3n2C1c1cccc(C)c1. The van der Waals surface area contributed by atoms with Crippen molar-refractivity contribution in [2.75, 3.05) is 5.32 Å². The Morgan fingerprint density at radius 1 is 1.12 bits per heavy atom. The van der Waals surface area contributed by atoms with E-state index in [-0.39, 0.29) is 11.8 Å². The summed E-state index contributed by atoms with van der Waals surface area (Å²) < 4.78 is 2.13. The lowest BCUT2D eigenvalue weighted by Crippen LogP contribution is -2.27. The topological polar surface area (TPSA) is 46.9 Å². The normalized spacial score (nSPS) is 16.9. The second-order valence-electron chi connectivity index (χ2n) is 6.33. The minimum atomic E-state index is -0.161. The van der Waals surface area contributed by atoms with Gasteiger partial charge in [0.15, 0.2) is 5.78 Å². The number of hydrogen-bond donors (Lipinski definition) is 1. The maximum Gasteiger partial charge on any atom is 0.209 e. The number of Topliss-reactive ketones (excluding diaryl/α,β-unsaturated/α-hetero) is 1. The van der Waals surface area contributed by atoms with E-state index in [1.54, 1.807) is 6.92 Å². The largest absolute Gasteiger partial charge is 0.329 e. The van der Waals surface area contributed by atoms with E-state index in [1.165, 1.54) is 5.56 Å². The van der Waals surface area contributed by atoms with Crippen molar-refractivity contribution in [1.29, 1.82) is 0 Å². The van der Waals surface area contributed by atoms with E-state index in [2.05, 4.69) is 41.1 Å². The van der Waals surface area contributed by atoms with E-state index in [4.69, 9.17) is 4.98 Å². The Kier molecular flexibility index (Phi) is 3.27. The third-order valence-corrected chi connectivity index (χ3v) is 4.57. The molecule has 1 aromatic heterocycles. The molecular formula is C20H19N3O. The summed E-state index contributed by atoms with van der Waals surface area (Å²) in [5, 5.41) is 3.31. The van der Waals surface area contributed by atoms with Crippen molar-refractivity contribution in [2.24, 2.45) is 0 Å². The summed E-state index contributed by atoms with van der Waals surface area (Å²) in [6, 6.07) is 16.2. The predicted molar refractivity (Wildman–Crippen MR) is 96.1 cm³/mol. The number of allylic oxidation sites excluding steroid dienone is 2. The van der Waals surface area contributed by atoms with Gasteiger partial charge in [0.2, 0.25) is 5.95 Å². The van der Waals surface area contributed by atoms with Crippen LogP contribution in [0, 0.1) is 6.92 Å². The molecule has 1 aliphatic rings. The molecule has 4 nitrogen and oxygen atoms in total. The van der Waals surface area contributed by atoms with Crippen molar-refractivity contribution in [1.82, 2.24) is 9.55 Å². The maximum absolute atomic E-state index is 12.4. The molecule has 24 heavy (non-hydrogen) atoms. The summed E-state index contributed by atoms with van der Waals surface area (Å²) in [6.07, 6.45) is 0. The van der Waals surface area contributed by atoms with E-state index in [1.807, 2.05) is 31.2 Å². The molecule has 0 radical (unpaired) electrons. The Bertz CT molecular complexity index is 997. The number of carbonyl (C=O) groups is 1. The van der Waals surface area contributed by atoms with Crippen molar-refractivity contribution < 1.29 is 4.79 Å². The molecule has 1 atom stereocenters. The number of fused-ring (bicyclic) bond motifs is 3. The molecule has 4 heteroatoms. The van der Waals surface area contributed by atoms with Crippen molar-refractivity contribution >= 4 is 22.8 Å². The quantitative estimate of drug-likeness (QED) is 0.769. The predicted octanol–water partition coefficient (Wildman–Crippen LogP) is 4.22. The van der Waals surface area contributed by atoms with E-state index < -0.39 is 0 Å². The van der Waals surface area contributed by atoms with Gasteiger partial charge in [-0.2, -0.15) is 0 Å². The van der Waals surface area contributed by atoms with Gasteiger partial charge >= 0.3 is 0 Å². The molecule has 0 fully saturated rings. The number of aromatic nitrogens is 2. The second-order valence-corrected chi connectivity index (χ2v) is 6.33. The lowest BCUT2D eigenvalue weighted by atomic mass is 9.92. The number of ketones is 1. The molecule has 120 valence electrons. The van der Waals surface area contributed by atoms with Crippen LogP contribution in [0.2, 0.25) is 0 Å². The van der Waals surface area contributed by atoms with Gasteiger partial charge in [-0.1, -0.05) is 42.0 Å². The summed E-state index contributed by atoms with van der Waals surface area (Å²) in [5.41, 5.74) is 5.89. The van der Waals surface area contributed by atoms with Gasteiger partial charge in [-0.25, -0.2) is 4.98 Å². The highest BCUT2D eigenvalue weighted by Gasteiger charge is 2.32. The smallest absolute Gasteiger partial charge is 0.209 e. The fourth-order valence-corrected chi connectivity index (χ4v) is 3.58. The summed E-state index contributed by atoms with van der Waals surface area (Å²) in [4.78, 5) is 17.1. The van der Waals surface area contributed by atoms with Gasteiger partial charge in [-0.15, -0.1) is 0 Å². The highest BCUT2D eigenvalue weighted by atomic mass is 16.1. The zero-order chi connectivity index (χ0) is 16.8. The van der Waals surface area contributed by atoms with Gasteiger partial charge in [0.05, 0.1) is 17.1 Å². The molecule has 0 aliphatic carbocycles. The van der Waals surface area contributed by atoms with Gasteiger partial charge in [0.1, 0.15) is 0 Å². The molecule has 3 aromatic rings. The standard InChI is InChI=1S/C20H19N3O/c1-12-7-6-8-15(11-12)19-18(14(3)24)13(2)21-20-22-16-9-4-5-10-17(16)23(19)20/h4-11,19H,1-3H3,(H,21,22). The number of imidazole rings is 1. The Hall–Kier alpha value is -2.88. The van der Waals surface area contributed by atoms with E-state index in [0.717, 1.165) is 33.8 Å². The minimum Gasteiger partial charge on any atom is -0.329 e. The monoisotopic (exact) mass is 317 g/mol. The number of benzene rings is 2. The molecule has 0 saturated carbocycles. The van der Waals surface area contributed by atoms with E-state index >= 15 is 0 Å². The van der Waals surface area contributed by atoms with Crippen LogP contribution in [0.1, 0.15) is 31.0 Å². The van der Waals surface area contributed by atoms with Crippen LogP contribution >= 0.6 is 0 Å². The molecular weight excluding hydrogens is 298 g/mol. The van der Waals surface area contributed by atoms with Crippen LogP contribution in [-0.2, 0) is 4.79 Å². The van der Waals surface area contributed by atoms with E-state index in [9.17, 15) is 4.79 Å². The summed E-state index contributed by atoms with van der Waals surface area (Å²) in [6.45, 7) is 5.65. The van der Waals surface area contributed by atoms with Crippen LogP contribution < -0.4 is 5.32 Å². The first-order valence-corrected chi connectivity index (χ1v) is 8.08. The van der Waals surface area contributed by atoms with Crippen LogP contribution in [0.3, 0.4) is 0 Å². The molecule has 1 unspecified atom stereocenters. The highest BCUT2D eigenvalue weighted by molar-refractivity contribution is 5.97.